The lowest BCUT2D eigenvalue weighted by atomic mass is 9.69. The molecule has 0 spiro atoms. The summed E-state index contributed by atoms with van der Waals surface area (Å²) in [5, 5.41) is 10.3. The van der Waals surface area contributed by atoms with Gasteiger partial charge in [0.15, 0.2) is 28.8 Å². The van der Waals surface area contributed by atoms with Crippen LogP contribution in [0.3, 0.4) is 0 Å². The van der Waals surface area contributed by atoms with E-state index >= 15 is 0 Å². The monoisotopic (exact) mass is 555 g/mol. The number of phenolic OH excluding ortho intramolecular Hbond substituents is 1. The lowest BCUT2D eigenvalue weighted by Gasteiger charge is -2.36. The third kappa shape index (κ3) is 5.55. The van der Waals surface area contributed by atoms with Crippen molar-refractivity contribution in [3.8, 4) is 23.0 Å². The zero-order chi connectivity index (χ0) is 29.1. The van der Waals surface area contributed by atoms with E-state index in [1.807, 2.05) is 48.5 Å². The van der Waals surface area contributed by atoms with Gasteiger partial charge in [0.1, 0.15) is 12.5 Å². The van der Waals surface area contributed by atoms with Gasteiger partial charge >= 0.3 is 5.97 Å². The fraction of sp³-hybridized carbons (Fsp3) is 0.303. The number of carbonyl (C=O) groups is 2. The van der Waals surface area contributed by atoms with Crippen molar-refractivity contribution in [3.63, 3.8) is 0 Å². The lowest BCUT2D eigenvalue weighted by molar-refractivity contribution is -0.148. The fourth-order valence-corrected chi connectivity index (χ4v) is 5.77. The minimum atomic E-state index is -0.812. The first-order valence-corrected chi connectivity index (χ1v) is 13.4. The van der Waals surface area contributed by atoms with Gasteiger partial charge in [0.05, 0.1) is 21.3 Å². The molecule has 0 amide bonds. The molecule has 0 bridgehead atoms. The van der Waals surface area contributed by atoms with Crippen molar-refractivity contribution in [3.05, 3.63) is 94.7 Å². The number of ketones is 1. The lowest BCUT2D eigenvalue weighted by Crippen LogP contribution is -2.38. The molecule has 0 saturated heterocycles. The van der Waals surface area contributed by atoms with Gasteiger partial charge in [-0.25, -0.2) is 0 Å². The van der Waals surface area contributed by atoms with Crippen molar-refractivity contribution >= 4 is 17.5 Å². The molecule has 8 heteroatoms. The number of esters is 1. The first-order chi connectivity index (χ1) is 19.8. The Hall–Kier alpha value is -4.59. The normalized spacial score (nSPS) is 20.1. The molecule has 0 aromatic heterocycles. The number of rotatable bonds is 8. The average molecular weight is 556 g/mol. The van der Waals surface area contributed by atoms with E-state index in [0.717, 1.165) is 11.1 Å². The molecule has 5 rings (SSSR count). The Morgan fingerprint density at radius 1 is 0.878 bits per heavy atom. The summed E-state index contributed by atoms with van der Waals surface area (Å²) in [6.45, 7) is 1.91. The van der Waals surface area contributed by atoms with E-state index in [0.29, 0.717) is 40.5 Å². The number of Topliss-reactive ketones (excluding diaryl/α,β-unsaturated/α-hetero) is 1. The number of aliphatic imine (C=N–C) groups is 1. The topological polar surface area (TPSA) is 104 Å². The van der Waals surface area contributed by atoms with E-state index in [2.05, 4.69) is 0 Å². The second kappa shape index (κ2) is 11.9. The summed E-state index contributed by atoms with van der Waals surface area (Å²) in [6, 6.07) is 20.0. The highest BCUT2D eigenvalue weighted by Crippen LogP contribution is 2.48. The van der Waals surface area contributed by atoms with Crippen molar-refractivity contribution in [2.75, 3.05) is 21.3 Å². The van der Waals surface area contributed by atoms with Crippen LogP contribution in [0.2, 0.25) is 0 Å². The standard InChI is InChI=1S/C33H33NO7/c1-19-30(33(37)41-18-20-8-6-5-7-9-20)31(22-10-12-25(35)28(17-22)39-3)32-24(34-19)14-23(15-26(32)36)21-11-13-27(38-2)29(16-21)40-4/h5-13,16-17,23,30-31,35H,14-15,18H2,1-4H3/t23-,30?,31+/m1/s1. The van der Waals surface area contributed by atoms with Crippen LogP contribution in [-0.2, 0) is 20.9 Å². The molecule has 1 aliphatic heterocycles. The molecule has 1 aliphatic carbocycles. The molecule has 3 atom stereocenters. The zero-order valence-electron chi connectivity index (χ0n) is 23.5. The number of allylic oxidation sites excluding steroid dienone is 2. The van der Waals surface area contributed by atoms with Crippen molar-refractivity contribution in [1.29, 1.82) is 0 Å². The third-order valence-electron chi connectivity index (χ3n) is 7.81. The number of benzene rings is 3. The number of carbonyl (C=O) groups excluding carboxylic acids is 2. The molecular weight excluding hydrogens is 522 g/mol. The summed E-state index contributed by atoms with van der Waals surface area (Å²) in [6.07, 6.45) is 0.770. The molecule has 1 unspecified atom stereocenters. The molecule has 0 saturated carbocycles. The van der Waals surface area contributed by atoms with Crippen LogP contribution in [0.15, 0.2) is 83.0 Å². The van der Waals surface area contributed by atoms with Gasteiger partial charge in [-0.05, 0) is 60.2 Å². The molecule has 212 valence electrons. The van der Waals surface area contributed by atoms with E-state index in [1.165, 1.54) is 13.2 Å². The Bertz CT molecular complexity index is 1530. The maximum absolute atomic E-state index is 13.9. The highest BCUT2D eigenvalue weighted by Gasteiger charge is 2.45. The molecule has 0 fully saturated rings. The summed E-state index contributed by atoms with van der Waals surface area (Å²) in [5.74, 6) is -0.680. The molecule has 3 aromatic rings. The number of methoxy groups -OCH3 is 3. The second-order valence-corrected chi connectivity index (χ2v) is 10.2. The highest BCUT2D eigenvalue weighted by molar-refractivity contribution is 6.09. The maximum Gasteiger partial charge on any atom is 0.315 e. The summed E-state index contributed by atoms with van der Waals surface area (Å²) in [5.41, 5.74) is 4.20. The van der Waals surface area contributed by atoms with Gasteiger partial charge in [-0.2, -0.15) is 0 Å². The molecule has 3 aromatic carbocycles. The van der Waals surface area contributed by atoms with Gasteiger partial charge < -0.3 is 24.1 Å². The highest BCUT2D eigenvalue weighted by atomic mass is 16.5. The SMILES string of the molecule is COc1cc([C@@H]2C3=C(C[C@@H](c4ccc(OC)c(OC)c4)CC3=O)N=C(C)C2C(=O)OCc2ccccc2)ccc1O. The van der Waals surface area contributed by atoms with E-state index in [1.54, 1.807) is 33.3 Å². The molecule has 8 nitrogen and oxygen atoms in total. The fourth-order valence-electron chi connectivity index (χ4n) is 5.77. The summed E-state index contributed by atoms with van der Waals surface area (Å²) in [4.78, 5) is 32.4. The van der Waals surface area contributed by atoms with Crippen LogP contribution >= 0.6 is 0 Å². The largest absolute Gasteiger partial charge is 0.504 e. The Morgan fingerprint density at radius 2 is 1.56 bits per heavy atom. The number of hydrogen-bond donors (Lipinski definition) is 1. The molecule has 2 aliphatic rings. The van der Waals surface area contributed by atoms with Crippen molar-refractivity contribution in [2.45, 2.75) is 38.2 Å². The van der Waals surface area contributed by atoms with Gasteiger partial charge in [-0.3, -0.25) is 14.6 Å². The van der Waals surface area contributed by atoms with Crippen LogP contribution in [0.1, 0.15) is 48.3 Å². The number of aromatic hydroxyl groups is 1. The summed E-state index contributed by atoms with van der Waals surface area (Å²) >= 11 is 0. The van der Waals surface area contributed by atoms with E-state index in [4.69, 9.17) is 23.9 Å². The van der Waals surface area contributed by atoms with Gasteiger partial charge in [0, 0.05) is 29.3 Å². The van der Waals surface area contributed by atoms with E-state index in [9.17, 15) is 14.7 Å². The molecule has 0 radical (unpaired) electrons. The number of phenols is 1. The second-order valence-electron chi connectivity index (χ2n) is 10.2. The summed E-state index contributed by atoms with van der Waals surface area (Å²) < 4.78 is 22.0. The average Bonchev–Trinajstić information content (AvgIpc) is 2.99. The van der Waals surface area contributed by atoms with Crippen molar-refractivity contribution in [1.82, 2.24) is 0 Å². The third-order valence-corrected chi connectivity index (χ3v) is 7.81. The predicted molar refractivity (Wildman–Crippen MR) is 154 cm³/mol. The van der Waals surface area contributed by atoms with Gasteiger partial charge in [-0.1, -0.05) is 42.5 Å². The molecular formula is C33H33NO7. The van der Waals surface area contributed by atoms with Gasteiger partial charge in [0.2, 0.25) is 0 Å². The predicted octanol–water partition coefficient (Wildman–Crippen LogP) is 5.74. The number of ether oxygens (including phenoxy) is 4. The first kappa shape index (κ1) is 28.0. The van der Waals surface area contributed by atoms with Crippen LogP contribution in [-0.4, -0.2) is 43.9 Å². The Morgan fingerprint density at radius 3 is 2.27 bits per heavy atom. The van der Waals surface area contributed by atoms with Crippen LogP contribution < -0.4 is 14.2 Å². The van der Waals surface area contributed by atoms with Crippen molar-refractivity contribution in [2.24, 2.45) is 10.9 Å². The van der Waals surface area contributed by atoms with Crippen LogP contribution in [0.5, 0.6) is 23.0 Å². The van der Waals surface area contributed by atoms with E-state index < -0.39 is 17.8 Å². The maximum atomic E-state index is 13.9. The summed E-state index contributed by atoms with van der Waals surface area (Å²) in [7, 11) is 4.62. The first-order valence-electron chi connectivity index (χ1n) is 13.4. The molecule has 41 heavy (non-hydrogen) atoms. The van der Waals surface area contributed by atoms with Crippen LogP contribution in [0, 0.1) is 5.92 Å². The molecule has 1 heterocycles. The quantitative estimate of drug-likeness (QED) is 0.354. The number of nitrogens with zero attached hydrogens (tertiary/aromatic N) is 1. The Kier molecular flexibility index (Phi) is 8.10. The van der Waals surface area contributed by atoms with Crippen molar-refractivity contribution < 1.29 is 33.6 Å². The minimum absolute atomic E-state index is 0.0293. The minimum Gasteiger partial charge on any atom is -0.504 e. The Labute approximate surface area is 239 Å². The smallest absolute Gasteiger partial charge is 0.315 e. The van der Waals surface area contributed by atoms with E-state index in [-0.39, 0.29) is 36.2 Å². The van der Waals surface area contributed by atoms with Gasteiger partial charge in [0.25, 0.3) is 0 Å². The van der Waals surface area contributed by atoms with Crippen LogP contribution in [0.25, 0.3) is 0 Å². The molecule has 1 N–H and O–H groups in total. The zero-order valence-corrected chi connectivity index (χ0v) is 23.5. The van der Waals surface area contributed by atoms with Gasteiger partial charge in [-0.15, -0.1) is 0 Å². The Balaban J connectivity index is 1.53. The number of hydrogen-bond acceptors (Lipinski definition) is 8. The van der Waals surface area contributed by atoms with Crippen LogP contribution in [0.4, 0.5) is 0 Å².